The van der Waals surface area contributed by atoms with E-state index >= 15 is 0 Å². The molecule has 8 nitrogen and oxygen atoms in total. The second-order valence-corrected chi connectivity index (χ2v) is 8.88. The molecule has 5 heterocycles. The minimum absolute atomic E-state index is 0.0489. The summed E-state index contributed by atoms with van der Waals surface area (Å²) in [6.07, 6.45) is 4.69. The van der Waals surface area contributed by atoms with E-state index in [1.165, 1.54) is 5.56 Å². The van der Waals surface area contributed by atoms with E-state index in [4.69, 9.17) is 0 Å². The largest absolute Gasteiger partial charge is 0.369 e. The van der Waals surface area contributed by atoms with E-state index in [9.17, 15) is 4.79 Å². The molecule has 0 atom stereocenters. The maximum Gasteiger partial charge on any atom is 0.254 e. The van der Waals surface area contributed by atoms with Crippen LogP contribution in [0, 0.1) is 0 Å². The molecule has 3 N–H and O–H groups in total. The molecule has 3 aliphatic heterocycles. The molecule has 1 saturated heterocycles. The lowest BCUT2D eigenvalue weighted by Crippen LogP contribution is -2.44. The Labute approximate surface area is 193 Å². The second kappa shape index (κ2) is 8.04. The molecule has 1 aromatic carbocycles. The van der Waals surface area contributed by atoms with E-state index in [2.05, 4.69) is 61.0 Å². The molecule has 6 rings (SSSR count). The van der Waals surface area contributed by atoms with Crippen molar-refractivity contribution in [2.45, 2.75) is 13.0 Å². The zero-order valence-corrected chi connectivity index (χ0v) is 18.7. The predicted octanol–water partition coefficient (Wildman–Crippen LogP) is 2.85. The van der Waals surface area contributed by atoms with E-state index in [0.29, 0.717) is 12.1 Å². The van der Waals surface area contributed by atoms with Crippen molar-refractivity contribution >= 4 is 28.9 Å². The lowest BCUT2D eigenvalue weighted by Gasteiger charge is -2.33. The average Bonchev–Trinajstić information content (AvgIpc) is 3.48. The summed E-state index contributed by atoms with van der Waals surface area (Å²) < 4.78 is 0. The van der Waals surface area contributed by atoms with Crippen LogP contribution in [0.2, 0.25) is 0 Å². The molecular weight excluding hydrogens is 414 g/mol. The third kappa shape index (κ3) is 3.56. The Bertz CT molecular complexity index is 1220. The highest BCUT2D eigenvalue weighted by Gasteiger charge is 2.28. The number of aromatic nitrogens is 2. The van der Waals surface area contributed by atoms with Crippen LogP contribution in [0.1, 0.15) is 21.5 Å². The summed E-state index contributed by atoms with van der Waals surface area (Å²) in [7, 11) is 2.15. The first kappa shape index (κ1) is 20.0. The van der Waals surface area contributed by atoms with Crippen molar-refractivity contribution in [1.82, 2.24) is 20.2 Å². The molecule has 0 spiro atoms. The van der Waals surface area contributed by atoms with Crippen LogP contribution in [0.3, 0.4) is 0 Å². The number of rotatable bonds is 4. The van der Waals surface area contributed by atoms with Crippen molar-refractivity contribution in [3.05, 3.63) is 59.4 Å². The van der Waals surface area contributed by atoms with Gasteiger partial charge in [0.05, 0.1) is 23.1 Å². The molecule has 3 aliphatic rings. The molecule has 8 heteroatoms. The number of carbonyl (C=O) groups is 1. The third-order valence-electron chi connectivity index (χ3n) is 6.86. The Hall–Kier alpha value is -3.65. The van der Waals surface area contributed by atoms with Crippen LogP contribution in [-0.4, -0.2) is 60.5 Å². The molecule has 0 radical (unpaired) electrons. The zero-order valence-electron chi connectivity index (χ0n) is 18.7. The molecule has 168 valence electrons. The quantitative estimate of drug-likeness (QED) is 0.574. The van der Waals surface area contributed by atoms with Crippen LogP contribution in [0.25, 0.3) is 11.1 Å². The number of fused-ring (bicyclic) bond motifs is 2. The van der Waals surface area contributed by atoms with E-state index in [-0.39, 0.29) is 5.91 Å². The van der Waals surface area contributed by atoms with Crippen LogP contribution < -0.4 is 20.9 Å². The predicted molar refractivity (Wildman–Crippen MR) is 130 cm³/mol. The van der Waals surface area contributed by atoms with Gasteiger partial charge in [0.15, 0.2) is 0 Å². The van der Waals surface area contributed by atoms with Gasteiger partial charge in [-0.3, -0.25) is 4.79 Å². The van der Waals surface area contributed by atoms with Crippen molar-refractivity contribution in [3.8, 4) is 11.1 Å². The number of likely N-dealkylation sites (N-methyl/N-ethyl adjacent to an activating group) is 1. The number of anilines is 4. The topological polar surface area (TPSA) is 85.4 Å². The molecule has 33 heavy (non-hydrogen) atoms. The molecule has 3 aromatic rings. The summed E-state index contributed by atoms with van der Waals surface area (Å²) in [4.78, 5) is 26.6. The molecule has 0 aliphatic carbocycles. The summed E-state index contributed by atoms with van der Waals surface area (Å²) in [5.41, 5.74) is 7.11. The van der Waals surface area contributed by atoms with Crippen LogP contribution >= 0.6 is 0 Å². The van der Waals surface area contributed by atoms with Gasteiger partial charge in [-0.05, 0) is 54.4 Å². The molecule has 2 aromatic heterocycles. The maximum absolute atomic E-state index is 12.8. The van der Waals surface area contributed by atoms with Crippen molar-refractivity contribution in [3.63, 3.8) is 0 Å². The van der Waals surface area contributed by atoms with Crippen LogP contribution in [-0.2, 0) is 13.0 Å². The standard InChI is InChI=1S/C25H27N7O/c1-31-10-12-32(13-11-31)16-2-5-22(28-14-16)30-21-4-3-17(20-15-29-25(33)23(20)21)18-6-8-26-24-19(18)7-9-27-24/h2-6,8,14H,7,9-13,15H2,1H3,(H,26,27)(H,28,30)(H,29,33). The Morgan fingerprint density at radius 2 is 1.79 bits per heavy atom. The van der Waals surface area contributed by atoms with Crippen molar-refractivity contribution in [1.29, 1.82) is 0 Å². The summed E-state index contributed by atoms with van der Waals surface area (Å²) in [6, 6.07) is 10.2. The molecule has 0 unspecified atom stereocenters. The average molecular weight is 442 g/mol. The highest BCUT2D eigenvalue weighted by Crippen LogP contribution is 2.38. The van der Waals surface area contributed by atoms with E-state index < -0.39 is 0 Å². The first-order chi connectivity index (χ1) is 16.2. The number of hydrogen-bond donors (Lipinski definition) is 3. The van der Waals surface area contributed by atoms with Gasteiger partial charge in [0, 0.05) is 51.0 Å². The Kier molecular flexibility index (Phi) is 4.87. The van der Waals surface area contributed by atoms with Crippen LogP contribution in [0.4, 0.5) is 23.0 Å². The summed E-state index contributed by atoms with van der Waals surface area (Å²) in [5, 5.41) is 9.72. The lowest BCUT2D eigenvalue weighted by molar-refractivity contribution is 0.0966. The third-order valence-corrected chi connectivity index (χ3v) is 6.86. The normalized spacial score (nSPS) is 17.4. The number of carbonyl (C=O) groups excluding carboxylic acids is 1. The summed E-state index contributed by atoms with van der Waals surface area (Å²) in [6.45, 7) is 5.56. The van der Waals surface area contributed by atoms with Gasteiger partial charge in [-0.25, -0.2) is 9.97 Å². The minimum atomic E-state index is -0.0489. The minimum Gasteiger partial charge on any atom is -0.369 e. The van der Waals surface area contributed by atoms with Crippen LogP contribution in [0.15, 0.2) is 42.7 Å². The number of benzene rings is 1. The van der Waals surface area contributed by atoms with Crippen molar-refractivity contribution in [2.75, 3.05) is 55.3 Å². The summed E-state index contributed by atoms with van der Waals surface area (Å²) >= 11 is 0. The van der Waals surface area contributed by atoms with E-state index in [1.807, 2.05) is 24.5 Å². The SMILES string of the molecule is CN1CCN(c2ccc(Nc3ccc(-c4ccnc5c4CCN5)c4c3C(=O)NC4)nc2)CC1. The fourth-order valence-corrected chi connectivity index (χ4v) is 5.01. The fourth-order valence-electron chi connectivity index (χ4n) is 5.01. The number of amides is 1. The van der Waals surface area contributed by atoms with E-state index in [1.54, 1.807) is 0 Å². The van der Waals surface area contributed by atoms with Gasteiger partial charge >= 0.3 is 0 Å². The van der Waals surface area contributed by atoms with Crippen molar-refractivity contribution in [2.24, 2.45) is 0 Å². The summed E-state index contributed by atoms with van der Waals surface area (Å²) in [5.74, 6) is 1.63. The second-order valence-electron chi connectivity index (χ2n) is 8.88. The highest BCUT2D eigenvalue weighted by molar-refractivity contribution is 6.06. The van der Waals surface area contributed by atoms with Gasteiger partial charge in [-0.1, -0.05) is 6.07 Å². The molecule has 0 bridgehead atoms. The smallest absolute Gasteiger partial charge is 0.254 e. The molecule has 1 amide bonds. The fraction of sp³-hybridized carbons (Fsp3) is 0.320. The Morgan fingerprint density at radius 3 is 2.61 bits per heavy atom. The number of pyridine rings is 2. The van der Waals surface area contributed by atoms with E-state index in [0.717, 1.165) is 78.8 Å². The zero-order chi connectivity index (χ0) is 22.4. The Balaban J connectivity index is 1.29. The lowest BCUT2D eigenvalue weighted by atomic mass is 9.93. The van der Waals surface area contributed by atoms with Crippen LogP contribution in [0.5, 0.6) is 0 Å². The first-order valence-electron chi connectivity index (χ1n) is 11.5. The van der Waals surface area contributed by atoms with Gasteiger partial charge in [0.2, 0.25) is 0 Å². The first-order valence-corrected chi connectivity index (χ1v) is 11.5. The maximum atomic E-state index is 12.8. The molecule has 1 fully saturated rings. The molecule has 0 saturated carbocycles. The number of nitrogens with one attached hydrogen (secondary N) is 3. The van der Waals surface area contributed by atoms with Gasteiger partial charge < -0.3 is 25.8 Å². The van der Waals surface area contributed by atoms with Crippen molar-refractivity contribution < 1.29 is 4.79 Å². The Morgan fingerprint density at radius 1 is 0.939 bits per heavy atom. The van der Waals surface area contributed by atoms with Gasteiger partial charge in [-0.2, -0.15) is 0 Å². The number of nitrogens with zero attached hydrogens (tertiary/aromatic N) is 4. The number of hydrogen-bond acceptors (Lipinski definition) is 7. The van der Waals surface area contributed by atoms with Gasteiger partial charge in [-0.15, -0.1) is 0 Å². The van der Waals surface area contributed by atoms with Gasteiger partial charge in [0.1, 0.15) is 11.6 Å². The monoisotopic (exact) mass is 441 g/mol. The number of piperazine rings is 1. The molecular formula is C25H27N7O. The highest BCUT2D eigenvalue weighted by atomic mass is 16.1. The van der Waals surface area contributed by atoms with Gasteiger partial charge in [0.25, 0.3) is 5.91 Å².